The number of benzene rings is 1. The quantitative estimate of drug-likeness (QED) is 0.776. The molecule has 0 aliphatic rings. The highest BCUT2D eigenvalue weighted by atomic mass is 35.5. The van der Waals surface area contributed by atoms with E-state index in [2.05, 4.69) is 4.74 Å². The lowest BCUT2D eigenvalue weighted by Gasteiger charge is -2.22. The molecule has 0 N–H and O–H groups in total. The molecule has 0 aliphatic carbocycles. The number of rotatable bonds is 5. The third-order valence-electron chi connectivity index (χ3n) is 2.70. The number of carbonyl (C=O) groups is 1. The fourth-order valence-electron chi connectivity index (χ4n) is 1.68. The zero-order valence-corrected chi connectivity index (χ0v) is 11.8. The van der Waals surface area contributed by atoms with Gasteiger partial charge in [-0.15, -0.1) is 24.8 Å². The molecule has 1 atom stereocenters. The van der Waals surface area contributed by atoms with Gasteiger partial charge in [0.25, 0.3) is 0 Å². The Labute approximate surface area is 120 Å². The van der Waals surface area contributed by atoms with Gasteiger partial charge in [-0.3, -0.25) is 4.79 Å². The van der Waals surface area contributed by atoms with Crippen molar-refractivity contribution < 1.29 is 22.7 Å². The molecule has 112 valence electrons. The Hall–Kier alpha value is -1.43. The Morgan fingerprint density at radius 2 is 1.75 bits per heavy atom. The van der Waals surface area contributed by atoms with Crippen LogP contribution >= 0.6 is 11.6 Å². The minimum Gasteiger partial charge on any atom is -0.406 e. The summed E-state index contributed by atoms with van der Waals surface area (Å²) in [5.74, 6) is -0.624. The zero-order valence-electron chi connectivity index (χ0n) is 11.1. The summed E-state index contributed by atoms with van der Waals surface area (Å²) < 4.78 is 39.8. The monoisotopic (exact) mass is 309 g/mol. The average Bonchev–Trinajstić information content (AvgIpc) is 2.38. The van der Waals surface area contributed by atoms with E-state index in [0.717, 1.165) is 12.1 Å². The van der Waals surface area contributed by atoms with Gasteiger partial charge in [0.05, 0.1) is 0 Å². The smallest absolute Gasteiger partial charge is 0.406 e. The normalized spacial score (nSPS) is 12.9. The van der Waals surface area contributed by atoms with Crippen LogP contribution in [0, 0.1) is 0 Å². The van der Waals surface area contributed by atoms with Crippen molar-refractivity contribution in [1.82, 2.24) is 4.90 Å². The van der Waals surface area contributed by atoms with Crippen molar-refractivity contribution >= 4 is 17.5 Å². The second-order valence-electron chi connectivity index (χ2n) is 3.99. The van der Waals surface area contributed by atoms with Gasteiger partial charge in [-0.1, -0.05) is 12.1 Å². The van der Waals surface area contributed by atoms with Crippen molar-refractivity contribution in [2.75, 3.05) is 13.1 Å². The molecule has 0 saturated heterocycles. The summed E-state index contributed by atoms with van der Waals surface area (Å²) in [7, 11) is 0. The molecule has 0 aliphatic heterocycles. The van der Waals surface area contributed by atoms with E-state index in [4.69, 9.17) is 11.6 Å². The molecule has 7 heteroatoms. The lowest BCUT2D eigenvalue weighted by atomic mass is 10.1. The van der Waals surface area contributed by atoms with Crippen LogP contribution in [0.4, 0.5) is 13.2 Å². The number of hydrogen-bond donors (Lipinski definition) is 0. The molecular formula is C13H15ClF3NO2. The topological polar surface area (TPSA) is 29.5 Å². The summed E-state index contributed by atoms with van der Waals surface area (Å²) in [6.45, 7) is 4.69. The minimum absolute atomic E-state index is 0.277. The van der Waals surface area contributed by atoms with E-state index in [1.54, 1.807) is 4.90 Å². The molecule has 0 radical (unpaired) electrons. The van der Waals surface area contributed by atoms with E-state index < -0.39 is 11.7 Å². The van der Waals surface area contributed by atoms with E-state index in [-0.39, 0.29) is 11.7 Å². The molecule has 20 heavy (non-hydrogen) atoms. The molecule has 0 saturated carbocycles. The summed E-state index contributed by atoms with van der Waals surface area (Å²) in [6.07, 6.45) is -4.74. The maximum Gasteiger partial charge on any atom is 0.573 e. The molecule has 0 bridgehead atoms. The van der Waals surface area contributed by atoms with Crippen LogP contribution in [-0.2, 0) is 4.79 Å². The van der Waals surface area contributed by atoms with Crippen molar-refractivity contribution in [3.8, 4) is 5.75 Å². The van der Waals surface area contributed by atoms with E-state index in [1.165, 1.54) is 12.1 Å². The van der Waals surface area contributed by atoms with Gasteiger partial charge in [0, 0.05) is 13.1 Å². The summed E-state index contributed by atoms with van der Waals surface area (Å²) in [6, 6.07) is 4.96. The van der Waals surface area contributed by atoms with Crippen molar-refractivity contribution in [3.05, 3.63) is 29.8 Å². The molecule has 0 aromatic heterocycles. The number of hydrogen-bond acceptors (Lipinski definition) is 2. The molecular weight excluding hydrogens is 295 g/mol. The number of carbonyl (C=O) groups excluding carboxylic acids is 1. The third-order valence-corrected chi connectivity index (χ3v) is 3.14. The summed E-state index contributed by atoms with van der Waals surface area (Å²) in [5.41, 5.74) is 0.429. The van der Waals surface area contributed by atoms with Crippen LogP contribution in [0.2, 0.25) is 0 Å². The molecule has 3 nitrogen and oxygen atoms in total. The van der Waals surface area contributed by atoms with Gasteiger partial charge in [-0.2, -0.15) is 0 Å². The van der Waals surface area contributed by atoms with Gasteiger partial charge in [-0.25, -0.2) is 0 Å². The van der Waals surface area contributed by atoms with E-state index in [1.807, 2.05) is 13.8 Å². The van der Waals surface area contributed by atoms with Gasteiger partial charge in [0.15, 0.2) is 0 Å². The zero-order chi connectivity index (χ0) is 15.3. The number of likely N-dealkylation sites (N-methyl/N-ethyl adjacent to an activating group) is 1. The largest absolute Gasteiger partial charge is 0.573 e. The highest BCUT2D eigenvalue weighted by Crippen LogP contribution is 2.27. The Balaban J connectivity index is 2.80. The molecule has 0 fully saturated rings. The molecule has 1 amide bonds. The minimum atomic E-state index is -4.74. The maximum absolute atomic E-state index is 12.0. The van der Waals surface area contributed by atoms with Crippen molar-refractivity contribution in [2.24, 2.45) is 0 Å². The molecule has 0 heterocycles. The van der Waals surface area contributed by atoms with E-state index in [9.17, 15) is 18.0 Å². The van der Waals surface area contributed by atoms with Gasteiger partial charge in [0.2, 0.25) is 5.91 Å². The Morgan fingerprint density at radius 3 is 2.15 bits per heavy atom. The lowest BCUT2D eigenvalue weighted by molar-refractivity contribution is -0.274. The number of alkyl halides is 4. The first kappa shape index (κ1) is 16.6. The van der Waals surface area contributed by atoms with Crippen LogP contribution in [0.25, 0.3) is 0 Å². The first-order valence-electron chi connectivity index (χ1n) is 6.07. The van der Waals surface area contributed by atoms with Gasteiger partial charge in [0.1, 0.15) is 11.1 Å². The van der Waals surface area contributed by atoms with Gasteiger partial charge in [-0.05, 0) is 31.5 Å². The van der Waals surface area contributed by atoms with Crippen LogP contribution in [-0.4, -0.2) is 30.3 Å². The Bertz CT molecular complexity index is 444. The van der Waals surface area contributed by atoms with Crippen LogP contribution in [0.15, 0.2) is 24.3 Å². The van der Waals surface area contributed by atoms with E-state index in [0.29, 0.717) is 18.7 Å². The molecule has 1 unspecified atom stereocenters. The highest BCUT2D eigenvalue weighted by Gasteiger charge is 2.31. The summed E-state index contributed by atoms with van der Waals surface area (Å²) >= 11 is 6.04. The van der Waals surface area contributed by atoms with Crippen molar-refractivity contribution in [2.45, 2.75) is 25.6 Å². The number of nitrogens with zero attached hydrogens (tertiary/aromatic N) is 1. The van der Waals surface area contributed by atoms with Crippen LogP contribution in [0.3, 0.4) is 0 Å². The molecule has 1 aromatic carbocycles. The second kappa shape index (κ2) is 6.83. The van der Waals surface area contributed by atoms with Gasteiger partial charge >= 0.3 is 6.36 Å². The fraction of sp³-hybridized carbons (Fsp3) is 0.462. The fourth-order valence-corrected chi connectivity index (χ4v) is 1.96. The molecule has 0 spiro atoms. The highest BCUT2D eigenvalue weighted by molar-refractivity contribution is 6.30. The first-order chi connectivity index (χ1) is 9.28. The standard InChI is InChI=1S/C13H15ClF3NO2/c1-3-18(4-2)12(19)11(14)9-5-7-10(8-6-9)20-13(15,16)17/h5-8,11H,3-4H2,1-2H3. The number of amides is 1. The number of halogens is 4. The first-order valence-corrected chi connectivity index (χ1v) is 6.50. The van der Waals surface area contributed by atoms with Crippen molar-refractivity contribution in [1.29, 1.82) is 0 Å². The summed E-state index contributed by atoms with van der Waals surface area (Å²) in [4.78, 5) is 13.6. The predicted octanol–water partition coefficient (Wildman–Crippen LogP) is 3.73. The number of ether oxygens (including phenoxy) is 1. The molecule has 1 aromatic rings. The van der Waals surface area contributed by atoms with Crippen LogP contribution < -0.4 is 4.74 Å². The third kappa shape index (κ3) is 4.59. The summed E-state index contributed by atoms with van der Waals surface area (Å²) in [5, 5.41) is -0.921. The SMILES string of the molecule is CCN(CC)C(=O)C(Cl)c1ccc(OC(F)(F)F)cc1. The van der Waals surface area contributed by atoms with Crippen LogP contribution in [0.5, 0.6) is 5.75 Å². The van der Waals surface area contributed by atoms with Gasteiger partial charge < -0.3 is 9.64 Å². The molecule has 1 rings (SSSR count). The lowest BCUT2D eigenvalue weighted by Crippen LogP contribution is -2.33. The van der Waals surface area contributed by atoms with Crippen molar-refractivity contribution in [3.63, 3.8) is 0 Å². The maximum atomic E-state index is 12.0. The second-order valence-corrected chi connectivity index (χ2v) is 4.43. The van der Waals surface area contributed by atoms with E-state index >= 15 is 0 Å². The Morgan fingerprint density at radius 1 is 1.25 bits per heavy atom. The predicted molar refractivity (Wildman–Crippen MR) is 69.6 cm³/mol. The Kier molecular flexibility index (Phi) is 5.68. The average molecular weight is 310 g/mol. The van der Waals surface area contributed by atoms with Crippen LogP contribution in [0.1, 0.15) is 24.8 Å².